The van der Waals surface area contributed by atoms with Crippen LogP contribution in [0.2, 0.25) is 0 Å². The van der Waals surface area contributed by atoms with Gasteiger partial charge in [0.2, 0.25) is 0 Å². The number of hydrogen-bond acceptors (Lipinski definition) is 2. The Morgan fingerprint density at radius 2 is 2.14 bits per heavy atom. The summed E-state index contributed by atoms with van der Waals surface area (Å²) in [6.45, 7) is 5.97. The van der Waals surface area contributed by atoms with Gasteiger partial charge in [0, 0.05) is 0 Å². The summed E-state index contributed by atoms with van der Waals surface area (Å²) in [6.07, 6.45) is 0.384. The Kier molecular flexibility index (Phi) is 3.53. The first-order valence-corrected chi connectivity index (χ1v) is 4.74. The van der Waals surface area contributed by atoms with Gasteiger partial charge in [-0.25, -0.2) is 0 Å². The number of rotatable bonds is 3. The monoisotopic (exact) mass is 189 g/mol. The lowest BCUT2D eigenvalue weighted by Crippen LogP contribution is -2.11. The molecular formula is C12H15NO. The lowest BCUT2D eigenvalue weighted by molar-refractivity contribution is 0.225. The van der Waals surface area contributed by atoms with Crippen molar-refractivity contribution in [2.45, 2.75) is 33.3 Å². The number of nitrogens with zero attached hydrogens (tertiary/aromatic N) is 1. The first-order valence-electron chi connectivity index (χ1n) is 4.74. The van der Waals surface area contributed by atoms with Crippen LogP contribution in [0, 0.1) is 25.2 Å². The molecule has 1 rings (SSSR count). The molecule has 1 aromatic rings. The van der Waals surface area contributed by atoms with Crippen molar-refractivity contribution in [1.82, 2.24) is 0 Å². The molecule has 0 radical (unpaired) electrons. The first kappa shape index (κ1) is 10.6. The summed E-state index contributed by atoms with van der Waals surface area (Å²) in [4.78, 5) is 0. The van der Waals surface area contributed by atoms with E-state index in [1.165, 1.54) is 5.56 Å². The zero-order chi connectivity index (χ0) is 10.6. The van der Waals surface area contributed by atoms with Crippen molar-refractivity contribution >= 4 is 0 Å². The second-order valence-electron chi connectivity index (χ2n) is 3.56. The Balaban J connectivity index is 2.73. The SMILES string of the molecule is Cc1ccc(OC(C)CC#N)c(C)c1. The average molecular weight is 189 g/mol. The van der Waals surface area contributed by atoms with Crippen LogP contribution in [0.15, 0.2) is 18.2 Å². The van der Waals surface area contributed by atoms with E-state index in [9.17, 15) is 0 Å². The van der Waals surface area contributed by atoms with Gasteiger partial charge in [0.25, 0.3) is 0 Å². The highest BCUT2D eigenvalue weighted by atomic mass is 16.5. The molecule has 0 heterocycles. The van der Waals surface area contributed by atoms with Crippen molar-refractivity contribution in [3.8, 4) is 11.8 Å². The Hall–Kier alpha value is -1.49. The highest BCUT2D eigenvalue weighted by Crippen LogP contribution is 2.20. The summed E-state index contributed by atoms with van der Waals surface area (Å²) in [7, 11) is 0. The third-order valence-electron chi connectivity index (χ3n) is 2.04. The lowest BCUT2D eigenvalue weighted by atomic mass is 10.1. The zero-order valence-corrected chi connectivity index (χ0v) is 8.87. The molecule has 0 saturated heterocycles. The van der Waals surface area contributed by atoms with Crippen molar-refractivity contribution in [3.63, 3.8) is 0 Å². The fraction of sp³-hybridized carbons (Fsp3) is 0.417. The van der Waals surface area contributed by atoms with Crippen LogP contribution in [0.3, 0.4) is 0 Å². The molecule has 1 atom stereocenters. The average Bonchev–Trinajstić information content (AvgIpc) is 2.10. The van der Waals surface area contributed by atoms with Gasteiger partial charge in [-0.2, -0.15) is 5.26 Å². The van der Waals surface area contributed by atoms with Crippen LogP contribution in [0.1, 0.15) is 24.5 Å². The van der Waals surface area contributed by atoms with Crippen LogP contribution >= 0.6 is 0 Å². The van der Waals surface area contributed by atoms with E-state index in [1.54, 1.807) is 0 Å². The van der Waals surface area contributed by atoms with Gasteiger partial charge >= 0.3 is 0 Å². The van der Waals surface area contributed by atoms with E-state index in [-0.39, 0.29) is 6.10 Å². The smallest absolute Gasteiger partial charge is 0.122 e. The molecule has 0 saturated carbocycles. The number of benzene rings is 1. The summed E-state index contributed by atoms with van der Waals surface area (Å²) >= 11 is 0. The maximum Gasteiger partial charge on any atom is 0.122 e. The van der Waals surface area contributed by atoms with Crippen LogP contribution < -0.4 is 4.74 Å². The molecule has 1 unspecified atom stereocenters. The van der Waals surface area contributed by atoms with Gasteiger partial charge < -0.3 is 4.74 Å². The van der Waals surface area contributed by atoms with Crippen LogP contribution in [0.4, 0.5) is 0 Å². The molecule has 0 aliphatic carbocycles. The Morgan fingerprint density at radius 3 is 2.71 bits per heavy atom. The number of nitriles is 1. The molecule has 0 aromatic heterocycles. The second-order valence-corrected chi connectivity index (χ2v) is 3.56. The Labute approximate surface area is 85.1 Å². The van der Waals surface area contributed by atoms with Gasteiger partial charge in [0.1, 0.15) is 11.9 Å². The molecule has 0 bridgehead atoms. The molecule has 2 heteroatoms. The maximum absolute atomic E-state index is 8.50. The van der Waals surface area contributed by atoms with E-state index in [1.807, 2.05) is 26.0 Å². The van der Waals surface area contributed by atoms with E-state index in [4.69, 9.17) is 10.00 Å². The molecule has 0 aliphatic heterocycles. The highest BCUT2D eigenvalue weighted by Gasteiger charge is 2.05. The maximum atomic E-state index is 8.50. The molecule has 74 valence electrons. The summed E-state index contributed by atoms with van der Waals surface area (Å²) < 4.78 is 5.62. The molecule has 2 nitrogen and oxygen atoms in total. The zero-order valence-electron chi connectivity index (χ0n) is 8.87. The summed E-state index contributed by atoms with van der Waals surface area (Å²) in [5.74, 6) is 0.873. The first-order chi connectivity index (χ1) is 6.63. The van der Waals surface area contributed by atoms with Gasteiger partial charge in [-0.05, 0) is 32.4 Å². The van der Waals surface area contributed by atoms with Gasteiger partial charge in [-0.3, -0.25) is 0 Å². The van der Waals surface area contributed by atoms with Gasteiger partial charge in [0.15, 0.2) is 0 Å². The molecule has 0 fully saturated rings. The summed E-state index contributed by atoms with van der Waals surface area (Å²) in [6, 6.07) is 8.14. The topological polar surface area (TPSA) is 33.0 Å². The fourth-order valence-corrected chi connectivity index (χ4v) is 1.32. The molecule has 14 heavy (non-hydrogen) atoms. The predicted molar refractivity (Wildman–Crippen MR) is 56.2 cm³/mol. The minimum absolute atomic E-state index is 0.0404. The quantitative estimate of drug-likeness (QED) is 0.732. The number of hydrogen-bond donors (Lipinski definition) is 0. The second kappa shape index (κ2) is 4.66. The van der Waals surface area contributed by atoms with Crippen LogP contribution in [0.5, 0.6) is 5.75 Å². The van der Waals surface area contributed by atoms with Crippen molar-refractivity contribution in [3.05, 3.63) is 29.3 Å². The van der Waals surface area contributed by atoms with E-state index in [0.717, 1.165) is 11.3 Å². The predicted octanol–water partition coefficient (Wildman–Crippen LogP) is 2.98. The van der Waals surface area contributed by atoms with Gasteiger partial charge in [-0.15, -0.1) is 0 Å². The Morgan fingerprint density at radius 1 is 1.43 bits per heavy atom. The molecule has 0 aliphatic rings. The third-order valence-corrected chi connectivity index (χ3v) is 2.04. The van der Waals surface area contributed by atoms with Crippen LogP contribution in [-0.4, -0.2) is 6.10 Å². The standard InChI is InChI=1S/C12H15NO/c1-9-4-5-12(10(2)8-9)14-11(3)6-7-13/h4-5,8,11H,6H2,1-3H3. The van der Waals surface area contributed by atoms with E-state index in [0.29, 0.717) is 6.42 Å². The molecular weight excluding hydrogens is 174 g/mol. The molecule has 0 amide bonds. The van der Waals surface area contributed by atoms with Gasteiger partial charge in [-0.1, -0.05) is 17.7 Å². The van der Waals surface area contributed by atoms with Crippen molar-refractivity contribution in [1.29, 1.82) is 5.26 Å². The molecule has 1 aromatic carbocycles. The van der Waals surface area contributed by atoms with E-state index >= 15 is 0 Å². The largest absolute Gasteiger partial charge is 0.489 e. The minimum Gasteiger partial charge on any atom is -0.489 e. The minimum atomic E-state index is -0.0404. The van der Waals surface area contributed by atoms with Gasteiger partial charge in [0.05, 0.1) is 12.5 Å². The van der Waals surface area contributed by atoms with Crippen LogP contribution in [0.25, 0.3) is 0 Å². The lowest BCUT2D eigenvalue weighted by Gasteiger charge is -2.13. The van der Waals surface area contributed by atoms with Crippen molar-refractivity contribution in [2.24, 2.45) is 0 Å². The van der Waals surface area contributed by atoms with E-state index in [2.05, 4.69) is 19.1 Å². The highest BCUT2D eigenvalue weighted by molar-refractivity contribution is 5.35. The number of ether oxygens (including phenoxy) is 1. The summed E-state index contributed by atoms with van der Waals surface area (Å²) in [5.41, 5.74) is 2.34. The third kappa shape index (κ3) is 2.77. The summed E-state index contributed by atoms with van der Waals surface area (Å²) in [5, 5.41) is 8.50. The molecule has 0 spiro atoms. The number of aryl methyl sites for hydroxylation is 2. The molecule has 0 N–H and O–H groups in total. The van der Waals surface area contributed by atoms with E-state index < -0.39 is 0 Å². The van der Waals surface area contributed by atoms with Crippen LogP contribution in [-0.2, 0) is 0 Å². The van der Waals surface area contributed by atoms with Crippen molar-refractivity contribution in [2.75, 3.05) is 0 Å². The Bertz CT molecular complexity index is 352. The fourth-order valence-electron chi connectivity index (χ4n) is 1.32. The normalized spacial score (nSPS) is 11.9. The van der Waals surface area contributed by atoms with Crippen molar-refractivity contribution < 1.29 is 4.74 Å².